The number of benzene rings is 1. The van der Waals surface area contributed by atoms with Gasteiger partial charge in [0.05, 0.1) is 4.47 Å². The van der Waals surface area contributed by atoms with E-state index in [9.17, 15) is 4.79 Å². The lowest BCUT2D eigenvalue weighted by Crippen LogP contribution is -2.23. The SMILES string of the molecule is O=C(O)NCCCNc1nc2cccc(Br)c2o1. The molecule has 0 spiro atoms. The molecule has 0 aliphatic carbocycles. The average molecular weight is 314 g/mol. The van der Waals surface area contributed by atoms with E-state index in [1.807, 2.05) is 18.2 Å². The molecule has 0 fully saturated rings. The molecule has 1 amide bonds. The van der Waals surface area contributed by atoms with Gasteiger partial charge < -0.3 is 20.2 Å². The maximum atomic E-state index is 10.2. The molecule has 96 valence electrons. The number of halogens is 1. The lowest BCUT2D eigenvalue weighted by molar-refractivity contribution is 0.194. The standard InChI is InChI=1S/C11H12BrN3O3/c12-7-3-1-4-8-9(7)18-10(15-8)13-5-2-6-14-11(16)17/h1,3-4,14H,2,5-6H2,(H,13,15)(H,16,17). The quantitative estimate of drug-likeness (QED) is 0.739. The van der Waals surface area contributed by atoms with Crippen LogP contribution >= 0.6 is 15.9 Å². The predicted molar refractivity (Wildman–Crippen MR) is 70.8 cm³/mol. The molecule has 0 aliphatic rings. The number of carboxylic acid groups (broad SMARTS) is 1. The Morgan fingerprint density at radius 1 is 1.44 bits per heavy atom. The summed E-state index contributed by atoms with van der Waals surface area (Å²) < 4.78 is 6.38. The highest BCUT2D eigenvalue weighted by atomic mass is 79.9. The van der Waals surface area contributed by atoms with Crippen molar-refractivity contribution in [2.24, 2.45) is 0 Å². The van der Waals surface area contributed by atoms with Crippen molar-refractivity contribution in [3.05, 3.63) is 22.7 Å². The zero-order valence-electron chi connectivity index (χ0n) is 9.44. The van der Waals surface area contributed by atoms with Crippen molar-refractivity contribution >= 4 is 39.1 Å². The Labute approximate surface area is 112 Å². The lowest BCUT2D eigenvalue weighted by atomic mass is 10.3. The van der Waals surface area contributed by atoms with Crippen LogP contribution in [-0.2, 0) is 0 Å². The number of hydrogen-bond acceptors (Lipinski definition) is 4. The number of amides is 1. The van der Waals surface area contributed by atoms with Gasteiger partial charge in [0, 0.05) is 13.1 Å². The molecule has 2 aromatic rings. The van der Waals surface area contributed by atoms with E-state index in [-0.39, 0.29) is 0 Å². The van der Waals surface area contributed by atoms with E-state index in [2.05, 4.69) is 31.5 Å². The van der Waals surface area contributed by atoms with Crippen LogP contribution in [0, 0.1) is 0 Å². The van der Waals surface area contributed by atoms with Crippen molar-refractivity contribution < 1.29 is 14.3 Å². The molecule has 0 unspecified atom stereocenters. The summed E-state index contributed by atoms with van der Waals surface area (Å²) in [6, 6.07) is 6.07. The van der Waals surface area contributed by atoms with Gasteiger partial charge in [0.1, 0.15) is 5.52 Å². The number of fused-ring (bicyclic) bond motifs is 1. The van der Waals surface area contributed by atoms with Crippen LogP contribution in [0.25, 0.3) is 11.1 Å². The summed E-state index contributed by atoms with van der Waals surface area (Å²) in [6.45, 7) is 0.983. The minimum atomic E-state index is -1.01. The van der Waals surface area contributed by atoms with Gasteiger partial charge in [-0.3, -0.25) is 0 Å². The third-order valence-corrected chi connectivity index (χ3v) is 2.90. The molecule has 1 aromatic carbocycles. The molecule has 0 bridgehead atoms. The summed E-state index contributed by atoms with van der Waals surface area (Å²) in [5, 5.41) is 13.7. The Morgan fingerprint density at radius 3 is 3.00 bits per heavy atom. The monoisotopic (exact) mass is 313 g/mol. The van der Waals surface area contributed by atoms with Crippen LogP contribution in [0.2, 0.25) is 0 Å². The fourth-order valence-electron chi connectivity index (χ4n) is 1.47. The summed E-state index contributed by atoms with van der Waals surface area (Å²) in [4.78, 5) is 14.5. The third kappa shape index (κ3) is 3.13. The van der Waals surface area contributed by atoms with Gasteiger partial charge in [-0.15, -0.1) is 0 Å². The van der Waals surface area contributed by atoms with E-state index in [4.69, 9.17) is 9.52 Å². The molecule has 1 heterocycles. The molecular weight excluding hydrogens is 302 g/mol. The number of nitrogens with one attached hydrogen (secondary N) is 2. The first-order valence-electron chi connectivity index (χ1n) is 5.42. The first-order valence-corrected chi connectivity index (χ1v) is 6.22. The maximum Gasteiger partial charge on any atom is 0.404 e. The summed E-state index contributed by atoms with van der Waals surface area (Å²) in [6.07, 6.45) is -0.354. The number of nitrogens with zero attached hydrogens (tertiary/aromatic N) is 1. The fraction of sp³-hybridized carbons (Fsp3) is 0.273. The topological polar surface area (TPSA) is 87.4 Å². The Balaban J connectivity index is 1.88. The van der Waals surface area contributed by atoms with Gasteiger partial charge in [-0.05, 0) is 34.5 Å². The second-order valence-corrected chi connectivity index (χ2v) is 4.47. The number of carbonyl (C=O) groups is 1. The van der Waals surface area contributed by atoms with Crippen molar-refractivity contribution in [2.45, 2.75) is 6.42 Å². The molecule has 1 aromatic heterocycles. The number of oxazole rings is 1. The normalized spacial score (nSPS) is 10.5. The molecule has 6 nitrogen and oxygen atoms in total. The molecule has 0 aliphatic heterocycles. The summed E-state index contributed by atoms with van der Waals surface area (Å²) in [5.74, 6) is 0. The van der Waals surface area contributed by atoms with Gasteiger partial charge in [-0.1, -0.05) is 6.07 Å². The average Bonchev–Trinajstić information content (AvgIpc) is 2.72. The Hall–Kier alpha value is -1.76. The molecule has 0 saturated carbocycles. The fourth-order valence-corrected chi connectivity index (χ4v) is 1.91. The van der Waals surface area contributed by atoms with Gasteiger partial charge in [0.2, 0.25) is 0 Å². The van der Waals surface area contributed by atoms with E-state index < -0.39 is 6.09 Å². The van der Waals surface area contributed by atoms with Crippen molar-refractivity contribution in [1.82, 2.24) is 10.3 Å². The second kappa shape index (κ2) is 5.72. The molecule has 3 N–H and O–H groups in total. The zero-order chi connectivity index (χ0) is 13.0. The van der Waals surface area contributed by atoms with E-state index in [1.54, 1.807) is 0 Å². The van der Waals surface area contributed by atoms with Gasteiger partial charge in [0.15, 0.2) is 5.58 Å². The van der Waals surface area contributed by atoms with Crippen LogP contribution < -0.4 is 10.6 Å². The van der Waals surface area contributed by atoms with Crippen LogP contribution in [0.5, 0.6) is 0 Å². The molecule has 0 atom stereocenters. The number of anilines is 1. The number of aromatic nitrogens is 1. The molecule has 7 heteroatoms. The maximum absolute atomic E-state index is 10.2. The molecule has 18 heavy (non-hydrogen) atoms. The van der Waals surface area contributed by atoms with Crippen LogP contribution in [0.3, 0.4) is 0 Å². The van der Waals surface area contributed by atoms with Crippen LogP contribution in [0.15, 0.2) is 27.1 Å². The van der Waals surface area contributed by atoms with E-state index in [0.717, 1.165) is 9.99 Å². The summed E-state index contributed by atoms with van der Waals surface area (Å²) >= 11 is 3.38. The van der Waals surface area contributed by atoms with Crippen molar-refractivity contribution in [3.63, 3.8) is 0 Å². The molecular formula is C11H12BrN3O3. The van der Waals surface area contributed by atoms with Gasteiger partial charge in [0.25, 0.3) is 6.01 Å². The summed E-state index contributed by atoms with van der Waals surface area (Å²) in [5.41, 5.74) is 1.47. The highest BCUT2D eigenvalue weighted by molar-refractivity contribution is 9.10. The van der Waals surface area contributed by atoms with Crippen molar-refractivity contribution in [3.8, 4) is 0 Å². The van der Waals surface area contributed by atoms with Crippen LogP contribution in [0.4, 0.5) is 10.8 Å². The van der Waals surface area contributed by atoms with Crippen LogP contribution in [0.1, 0.15) is 6.42 Å². The van der Waals surface area contributed by atoms with Crippen molar-refractivity contribution in [2.75, 3.05) is 18.4 Å². The minimum Gasteiger partial charge on any atom is -0.465 e. The zero-order valence-corrected chi connectivity index (χ0v) is 11.0. The Bertz CT molecular complexity index is 555. The number of rotatable bonds is 5. The highest BCUT2D eigenvalue weighted by Crippen LogP contribution is 2.26. The molecule has 2 rings (SSSR count). The van der Waals surface area contributed by atoms with E-state index in [1.165, 1.54) is 0 Å². The predicted octanol–water partition coefficient (Wildman–Crippen LogP) is 2.66. The minimum absolute atomic E-state index is 0.395. The van der Waals surface area contributed by atoms with Crippen LogP contribution in [-0.4, -0.2) is 29.3 Å². The largest absolute Gasteiger partial charge is 0.465 e. The molecule has 0 saturated heterocycles. The van der Waals surface area contributed by atoms with E-state index in [0.29, 0.717) is 31.1 Å². The Kier molecular flexibility index (Phi) is 4.03. The first-order chi connectivity index (χ1) is 8.66. The number of hydrogen-bond donors (Lipinski definition) is 3. The van der Waals surface area contributed by atoms with E-state index >= 15 is 0 Å². The second-order valence-electron chi connectivity index (χ2n) is 3.62. The van der Waals surface area contributed by atoms with Gasteiger partial charge in [-0.25, -0.2) is 4.79 Å². The Morgan fingerprint density at radius 2 is 2.28 bits per heavy atom. The number of para-hydroxylation sites is 1. The third-order valence-electron chi connectivity index (χ3n) is 2.27. The highest BCUT2D eigenvalue weighted by Gasteiger charge is 2.07. The lowest BCUT2D eigenvalue weighted by Gasteiger charge is -2.01. The smallest absolute Gasteiger partial charge is 0.404 e. The van der Waals surface area contributed by atoms with Gasteiger partial charge >= 0.3 is 6.09 Å². The van der Waals surface area contributed by atoms with Gasteiger partial charge in [-0.2, -0.15) is 4.98 Å². The first kappa shape index (κ1) is 12.7. The summed E-state index contributed by atoms with van der Waals surface area (Å²) in [7, 11) is 0. The van der Waals surface area contributed by atoms with Crippen molar-refractivity contribution in [1.29, 1.82) is 0 Å². The molecule has 0 radical (unpaired) electrons.